The lowest BCUT2D eigenvalue weighted by Crippen LogP contribution is -2.43. The smallest absolute Gasteiger partial charge is 0.237 e. The third-order valence-corrected chi connectivity index (χ3v) is 4.34. The van der Waals surface area contributed by atoms with Crippen molar-refractivity contribution in [2.75, 3.05) is 13.1 Å². The van der Waals surface area contributed by atoms with E-state index in [1.165, 1.54) is 12.1 Å². The molecular weight excluding hydrogens is 259 g/mol. The molecular formula is C15H19FN2O2. The number of halogens is 1. The minimum absolute atomic E-state index is 0.0272. The Bertz CT molecular complexity index is 499. The molecule has 4 nitrogen and oxygen atoms in total. The topological polar surface area (TPSA) is 61.4 Å². The zero-order chi connectivity index (χ0) is 14.2. The zero-order valence-corrected chi connectivity index (χ0v) is 11.2. The van der Waals surface area contributed by atoms with E-state index in [4.69, 9.17) is 0 Å². The first-order valence-electron chi connectivity index (χ1n) is 7.04. The number of carbonyl (C=O) groups excluding carboxylic acids is 1. The van der Waals surface area contributed by atoms with Gasteiger partial charge in [0.15, 0.2) is 0 Å². The summed E-state index contributed by atoms with van der Waals surface area (Å²) in [7, 11) is 0. The van der Waals surface area contributed by atoms with Crippen LogP contribution in [0.3, 0.4) is 0 Å². The third-order valence-electron chi connectivity index (χ3n) is 4.34. The highest BCUT2D eigenvalue weighted by molar-refractivity contribution is 5.82. The Morgan fingerprint density at radius 1 is 1.40 bits per heavy atom. The van der Waals surface area contributed by atoms with Gasteiger partial charge in [-0.25, -0.2) is 4.39 Å². The van der Waals surface area contributed by atoms with Crippen molar-refractivity contribution in [2.45, 2.75) is 36.8 Å². The molecule has 2 unspecified atom stereocenters. The van der Waals surface area contributed by atoms with Gasteiger partial charge >= 0.3 is 0 Å². The summed E-state index contributed by atoms with van der Waals surface area (Å²) in [5.41, 5.74) is 1.05. The Hall–Kier alpha value is -1.46. The van der Waals surface area contributed by atoms with Crippen molar-refractivity contribution in [3.8, 4) is 0 Å². The molecule has 3 N–H and O–H groups in total. The highest BCUT2D eigenvalue weighted by atomic mass is 19.1. The Morgan fingerprint density at radius 3 is 2.65 bits per heavy atom. The summed E-state index contributed by atoms with van der Waals surface area (Å²) in [6, 6.07) is 6.23. The lowest BCUT2D eigenvalue weighted by molar-refractivity contribution is -0.123. The van der Waals surface area contributed by atoms with Crippen LogP contribution in [-0.4, -0.2) is 36.2 Å². The Morgan fingerprint density at radius 2 is 2.10 bits per heavy atom. The monoisotopic (exact) mass is 278 g/mol. The van der Waals surface area contributed by atoms with Crippen LogP contribution >= 0.6 is 0 Å². The summed E-state index contributed by atoms with van der Waals surface area (Å²) in [4.78, 5) is 12.0. The zero-order valence-electron chi connectivity index (χ0n) is 11.2. The van der Waals surface area contributed by atoms with Crippen molar-refractivity contribution in [2.24, 2.45) is 0 Å². The number of aliphatic hydroxyl groups is 1. The SMILES string of the molecule is O=C(NCC1(c2ccc(F)cc2)CC1)C1CC(O)CN1. The molecule has 108 valence electrons. The average molecular weight is 278 g/mol. The van der Waals surface area contributed by atoms with Crippen LogP contribution in [0, 0.1) is 5.82 Å². The number of rotatable bonds is 4. The molecule has 0 radical (unpaired) electrons. The highest BCUT2D eigenvalue weighted by Gasteiger charge is 2.44. The van der Waals surface area contributed by atoms with Crippen LogP contribution in [0.25, 0.3) is 0 Å². The van der Waals surface area contributed by atoms with E-state index < -0.39 is 6.10 Å². The molecule has 1 aromatic rings. The second-order valence-electron chi connectivity index (χ2n) is 5.86. The molecule has 1 aliphatic carbocycles. The van der Waals surface area contributed by atoms with Crippen LogP contribution in [0.5, 0.6) is 0 Å². The molecule has 0 aromatic heterocycles. The molecule has 2 atom stereocenters. The van der Waals surface area contributed by atoms with Crippen LogP contribution in [0.4, 0.5) is 4.39 Å². The fourth-order valence-corrected chi connectivity index (χ4v) is 2.82. The van der Waals surface area contributed by atoms with E-state index in [0.717, 1.165) is 18.4 Å². The number of hydrogen-bond acceptors (Lipinski definition) is 3. The lowest BCUT2D eigenvalue weighted by atomic mass is 9.96. The number of aliphatic hydroxyl groups excluding tert-OH is 1. The molecule has 0 bridgehead atoms. The highest BCUT2D eigenvalue weighted by Crippen LogP contribution is 2.47. The van der Waals surface area contributed by atoms with Gasteiger partial charge in [-0.3, -0.25) is 4.79 Å². The van der Waals surface area contributed by atoms with E-state index in [1.54, 1.807) is 12.1 Å². The number of amides is 1. The third kappa shape index (κ3) is 2.69. The van der Waals surface area contributed by atoms with Crippen LogP contribution in [0.1, 0.15) is 24.8 Å². The average Bonchev–Trinajstić information content (AvgIpc) is 3.11. The molecule has 20 heavy (non-hydrogen) atoms. The fraction of sp³-hybridized carbons (Fsp3) is 0.533. The maximum Gasteiger partial charge on any atom is 0.237 e. The first-order valence-corrected chi connectivity index (χ1v) is 7.04. The first kappa shape index (κ1) is 13.5. The number of nitrogens with one attached hydrogen (secondary N) is 2. The van der Waals surface area contributed by atoms with E-state index in [2.05, 4.69) is 10.6 Å². The van der Waals surface area contributed by atoms with E-state index in [1.807, 2.05) is 0 Å². The van der Waals surface area contributed by atoms with Crippen molar-refractivity contribution in [1.29, 1.82) is 0 Å². The second kappa shape index (κ2) is 5.14. The van der Waals surface area contributed by atoms with Crippen molar-refractivity contribution in [3.63, 3.8) is 0 Å². The van der Waals surface area contributed by atoms with E-state index >= 15 is 0 Å². The molecule has 1 saturated carbocycles. The molecule has 1 saturated heterocycles. The molecule has 5 heteroatoms. The Kier molecular flexibility index (Phi) is 3.48. The summed E-state index contributed by atoms with van der Waals surface area (Å²) in [5, 5.41) is 15.4. The van der Waals surface area contributed by atoms with Gasteiger partial charge in [0.05, 0.1) is 12.1 Å². The van der Waals surface area contributed by atoms with Crippen molar-refractivity contribution >= 4 is 5.91 Å². The van der Waals surface area contributed by atoms with Gasteiger partial charge in [-0.15, -0.1) is 0 Å². The minimum atomic E-state index is -0.433. The lowest BCUT2D eigenvalue weighted by Gasteiger charge is -2.18. The van der Waals surface area contributed by atoms with E-state index in [0.29, 0.717) is 19.5 Å². The quantitative estimate of drug-likeness (QED) is 0.759. The van der Waals surface area contributed by atoms with Gasteiger partial charge < -0.3 is 15.7 Å². The standard InChI is InChI=1S/C15H19FN2O2/c16-11-3-1-10(2-4-11)15(5-6-15)9-18-14(20)13-7-12(19)8-17-13/h1-4,12-13,17,19H,5-9H2,(H,18,20). The van der Waals surface area contributed by atoms with Crippen LogP contribution in [0.15, 0.2) is 24.3 Å². The molecule has 1 amide bonds. The van der Waals surface area contributed by atoms with Gasteiger partial charge in [0.1, 0.15) is 5.82 Å². The van der Waals surface area contributed by atoms with Gasteiger partial charge in [0, 0.05) is 18.5 Å². The number of β-amino-alcohol motifs (C(OH)–C–C–N with tert-alkyl or cyclic N) is 1. The molecule has 2 aliphatic rings. The predicted molar refractivity (Wildman–Crippen MR) is 72.7 cm³/mol. The summed E-state index contributed by atoms with van der Waals surface area (Å²) in [6.45, 7) is 1.05. The molecule has 1 heterocycles. The van der Waals surface area contributed by atoms with Crippen molar-refractivity contribution in [3.05, 3.63) is 35.6 Å². The molecule has 2 fully saturated rings. The molecule has 3 rings (SSSR count). The fourth-order valence-electron chi connectivity index (χ4n) is 2.82. The maximum absolute atomic E-state index is 12.9. The maximum atomic E-state index is 12.9. The van der Waals surface area contributed by atoms with E-state index in [9.17, 15) is 14.3 Å². The Balaban J connectivity index is 1.58. The minimum Gasteiger partial charge on any atom is -0.392 e. The molecule has 0 spiro atoms. The number of hydrogen-bond donors (Lipinski definition) is 3. The first-order chi connectivity index (χ1) is 9.59. The van der Waals surface area contributed by atoms with Crippen LogP contribution in [-0.2, 0) is 10.2 Å². The van der Waals surface area contributed by atoms with Gasteiger partial charge in [-0.05, 0) is 37.0 Å². The largest absolute Gasteiger partial charge is 0.392 e. The van der Waals surface area contributed by atoms with Crippen molar-refractivity contribution in [1.82, 2.24) is 10.6 Å². The normalized spacial score (nSPS) is 27.3. The van der Waals surface area contributed by atoms with Crippen molar-refractivity contribution < 1.29 is 14.3 Å². The predicted octanol–water partition coefficient (Wildman–Crippen LogP) is 0.696. The summed E-state index contributed by atoms with van der Waals surface area (Å²) in [5.74, 6) is -0.298. The van der Waals surface area contributed by atoms with Gasteiger partial charge in [-0.1, -0.05) is 12.1 Å². The van der Waals surface area contributed by atoms with Gasteiger partial charge in [-0.2, -0.15) is 0 Å². The summed E-state index contributed by atoms with van der Waals surface area (Å²) < 4.78 is 12.9. The van der Waals surface area contributed by atoms with Crippen LogP contribution in [0.2, 0.25) is 0 Å². The Labute approximate surface area is 117 Å². The summed E-state index contributed by atoms with van der Waals surface area (Å²) >= 11 is 0. The second-order valence-corrected chi connectivity index (χ2v) is 5.86. The summed E-state index contributed by atoms with van der Waals surface area (Å²) in [6.07, 6.45) is 2.06. The number of carbonyl (C=O) groups is 1. The molecule has 1 aliphatic heterocycles. The number of benzene rings is 1. The van der Waals surface area contributed by atoms with Gasteiger partial charge in [0.25, 0.3) is 0 Å². The molecule has 1 aromatic carbocycles. The van der Waals surface area contributed by atoms with Crippen LogP contribution < -0.4 is 10.6 Å². The van der Waals surface area contributed by atoms with E-state index in [-0.39, 0.29) is 23.2 Å². The van der Waals surface area contributed by atoms with Gasteiger partial charge in [0.2, 0.25) is 5.91 Å².